The molecule has 132 valence electrons. The van der Waals surface area contributed by atoms with Crippen LogP contribution < -0.4 is 9.47 Å². The zero-order valence-corrected chi connectivity index (χ0v) is 14.1. The van der Waals surface area contributed by atoms with Crippen LogP contribution in [0.25, 0.3) is 0 Å². The molecule has 5 heteroatoms. The molecule has 0 aliphatic carbocycles. The van der Waals surface area contributed by atoms with E-state index in [0.717, 1.165) is 49.5 Å². The molecule has 2 aliphatic rings. The van der Waals surface area contributed by atoms with Gasteiger partial charge in [0, 0.05) is 25.2 Å². The number of nitrogens with zero attached hydrogens (tertiary/aromatic N) is 1. The molecule has 0 radical (unpaired) electrons. The molecule has 0 amide bonds. The first-order valence-electron chi connectivity index (χ1n) is 8.74. The van der Waals surface area contributed by atoms with Crippen LogP contribution in [-0.4, -0.2) is 30.9 Å². The van der Waals surface area contributed by atoms with Crippen molar-refractivity contribution in [3.8, 4) is 11.5 Å². The van der Waals surface area contributed by atoms with Gasteiger partial charge in [-0.05, 0) is 36.6 Å². The second-order valence-electron chi connectivity index (χ2n) is 6.56. The third-order valence-electron chi connectivity index (χ3n) is 4.81. The van der Waals surface area contributed by atoms with E-state index in [9.17, 15) is 4.39 Å². The Balaban J connectivity index is 1.26. The molecule has 0 atom stereocenters. The summed E-state index contributed by atoms with van der Waals surface area (Å²) in [6.07, 6.45) is 2.28. The average Bonchev–Trinajstić information content (AvgIpc) is 3.12. The van der Waals surface area contributed by atoms with Gasteiger partial charge in [-0.3, -0.25) is 4.90 Å². The van der Waals surface area contributed by atoms with Crippen LogP contribution in [0.2, 0.25) is 0 Å². The predicted octanol–water partition coefficient (Wildman–Crippen LogP) is 3.74. The van der Waals surface area contributed by atoms with E-state index in [2.05, 4.69) is 11.0 Å². The third-order valence-corrected chi connectivity index (χ3v) is 4.81. The number of hydrogen-bond donors (Lipinski definition) is 0. The minimum absolute atomic E-state index is 0.209. The summed E-state index contributed by atoms with van der Waals surface area (Å²) >= 11 is 0. The summed E-state index contributed by atoms with van der Waals surface area (Å²) in [5.41, 5.74) is 2.20. The summed E-state index contributed by atoms with van der Waals surface area (Å²) in [6.45, 7) is 3.72. The number of benzene rings is 2. The van der Waals surface area contributed by atoms with Crippen molar-refractivity contribution >= 4 is 0 Å². The third kappa shape index (κ3) is 3.94. The summed E-state index contributed by atoms with van der Waals surface area (Å²) < 4.78 is 29.9. The number of likely N-dealkylation sites (tertiary alicyclic amines) is 1. The largest absolute Gasteiger partial charge is 0.454 e. The fourth-order valence-electron chi connectivity index (χ4n) is 3.38. The van der Waals surface area contributed by atoms with E-state index in [1.54, 1.807) is 12.1 Å². The Kier molecular flexibility index (Phi) is 4.85. The van der Waals surface area contributed by atoms with Crippen LogP contribution in [0.15, 0.2) is 42.5 Å². The zero-order chi connectivity index (χ0) is 17.1. The van der Waals surface area contributed by atoms with Gasteiger partial charge in [-0.15, -0.1) is 0 Å². The van der Waals surface area contributed by atoms with E-state index in [-0.39, 0.29) is 11.9 Å². The van der Waals surface area contributed by atoms with Gasteiger partial charge in [0.05, 0.1) is 12.7 Å². The van der Waals surface area contributed by atoms with Crippen LogP contribution in [-0.2, 0) is 17.9 Å². The number of halogens is 1. The van der Waals surface area contributed by atoms with Crippen LogP contribution >= 0.6 is 0 Å². The fraction of sp³-hybridized carbons (Fsp3) is 0.400. The molecule has 0 spiro atoms. The highest BCUT2D eigenvalue weighted by Gasteiger charge is 2.23. The van der Waals surface area contributed by atoms with Crippen molar-refractivity contribution in [1.82, 2.24) is 4.90 Å². The number of rotatable bonds is 5. The molecule has 2 aliphatic heterocycles. The standard InChI is InChI=1S/C20H22FNO3/c21-17-6-4-15(5-7-17)13-23-18-8-10-22(11-9-18)12-16-2-1-3-19-20(16)25-14-24-19/h1-7,18H,8-14H2. The number of fused-ring (bicyclic) bond motifs is 1. The van der Waals surface area contributed by atoms with Gasteiger partial charge in [-0.2, -0.15) is 0 Å². The molecule has 0 bridgehead atoms. The van der Waals surface area contributed by atoms with E-state index in [4.69, 9.17) is 14.2 Å². The molecule has 0 aromatic heterocycles. The Hall–Kier alpha value is -2.11. The molecule has 4 rings (SSSR count). The minimum atomic E-state index is -0.209. The van der Waals surface area contributed by atoms with Gasteiger partial charge in [0.1, 0.15) is 5.82 Å². The monoisotopic (exact) mass is 343 g/mol. The molecule has 0 N–H and O–H groups in total. The van der Waals surface area contributed by atoms with Crippen molar-refractivity contribution in [2.75, 3.05) is 19.9 Å². The SMILES string of the molecule is Fc1ccc(COC2CCN(Cc3cccc4c3OCO4)CC2)cc1. The van der Waals surface area contributed by atoms with Gasteiger partial charge in [0.15, 0.2) is 11.5 Å². The second-order valence-corrected chi connectivity index (χ2v) is 6.56. The maximum atomic E-state index is 12.9. The van der Waals surface area contributed by atoms with Crippen molar-refractivity contribution in [2.24, 2.45) is 0 Å². The van der Waals surface area contributed by atoms with Crippen LogP contribution in [0.4, 0.5) is 4.39 Å². The average molecular weight is 343 g/mol. The normalized spacial score (nSPS) is 17.8. The van der Waals surface area contributed by atoms with Crippen LogP contribution in [0.3, 0.4) is 0 Å². The van der Waals surface area contributed by atoms with Crippen LogP contribution in [0.5, 0.6) is 11.5 Å². The van der Waals surface area contributed by atoms with Crippen molar-refractivity contribution in [1.29, 1.82) is 0 Å². The lowest BCUT2D eigenvalue weighted by molar-refractivity contribution is -0.00406. The summed E-state index contributed by atoms with van der Waals surface area (Å²) in [5, 5.41) is 0. The Morgan fingerprint density at radius 3 is 2.64 bits per heavy atom. The lowest BCUT2D eigenvalue weighted by Crippen LogP contribution is -2.36. The Morgan fingerprint density at radius 2 is 1.84 bits per heavy atom. The Morgan fingerprint density at radius 1 is 1.04 bits per heavy atom. The highest BCUT2D eigenvalue weighted by atomic mass is 19.1. The first-order chi connectivity index (χ1) is 12.3. The van der Waals surface area contributed by atoms with Crippen molar-refractivity contribution < 1.29 is 18.6 Å². The summed E-state index contributed by atoms with van der Waals surface area (Å²) in [4.78, 5) is 2.43. The van der Waals surface area contributed by atoms with Crippen LogP contribution in [0, 0.1) is 5.82 Å². The molecule has 0 saturated carbocycles. The second kappa shape index (κ2) is 7.42. The summed E-state index contributed by atoms with van der Waals surface area (Å²) in [6, 6.07) is 12.6. The van der Waals surface area contributed by atoms with Crippen molar-refractivity contribution in [3.63, 3.8) is 0 Å². The van der Waals surface area contributed by atoms with Gasteiger partial charge in [0.2, 0.25) is 6.79 Å². The first-order valence-corrected chi connectivity index (χ1v) is 8.74. The van der Waals surface area contributed by atoms with E-state index >= 15 is 0 Å². The highest BCUT2D eigenvalue weighted by molar-refractivity contribution is 5.48. The molecule has 0 unspecified atom stereocenters. The van der Waals surface area contributed by atoms with Crippen molar-refractivity contribution in [2.45, 2.75) is 32.1 Å². The zero-order valence-electron chi connectivity index (χ0n) is 14.1. The van der Waals surface area contributed by atoms with Crippen LogP contribution in [0.1, 0.15) is 24.0 Å². The Labute approximate surface area is 147 Å². The fourth-order valence-corrected chi connectivity index (χ4v) is 3.38. The first kappa shape index (κ1) is 16.4. The van der Waals surface area contributed by atoms with Gasteiger partial charge < -0.3 is 14.2 Å². The summed E-state index contributed by atoms with van der Waals surface area (Å²) in [5.74, 6) is 1.52. The highest BCUT2D eigenvalue weighted by Crippen LogP contribution is 2.36. The molecule has 1 fully saturated rings. The van der Waals surface area contributed by atoms with Gasteiger partial charge in [-0.1, -0.05) is 24.3 Å². The maximum Gasteiger partial charge on any atom is 0.231 e. The molecular formula is C20H22FNO3. The molecule has 2 aromatic rings. The van der Waals surface area contributed by atoms with E-state index in [1.165, 1.54) is 17.7 Å². The van der Waals surface area contributed by atoms with E-state index in [1.807, 2.05) is 12.1 Å². The quantitative estimate of drug-likeness (QED) is 0.828. The Bertz CT molecular complexity index is 711. The van der Waals surface area contributed by atoms with E-state index in [0.29, 0.717) is 13.4 Å². The maximum absolute atomic E-state index is 12.9. The van der Waals surface area contributed by atoms with Gasteiger partial charge in [-0.25, -0.2) is 4.39 Å². The molecule has 4 nitrogen and oxygen atoms in total. The summed E-state index contributed by atoms with van der Waals surface area (Å²) in [7, 11) is 0. The topological polar surface area (TPSA) is 30.9 Å². The number of para-hydroxylation sites is 1. The minimum Gasteiger partial charge on any atom is -0.454 e. The lowest BCUT2D eigenvalue weighted by Gasteiger charge is -2.32. The number of hydrogen-bond acceptors (Lipinski definition) is 4. The van der Waals surface area contributed by atoms with Gasteiger partial charge in [0.25, 0.3) is 0 Å². The van der Waals surface area contributed by atoms with Crippen molar-refractivity contribution in [3.05, 3.63) is 59.4 Å². The molecule has 2 heterocycles. The molecule has 25 heavy (non-hydrogen) atoms. The van der Waals surface area contributed by atoms with Gasteiger partial charge >= 0.3 is 0 Å². The lowest BCUT2D eigenvalue weighted by atomic mass is 10.1. The number of ether oxygens (including phenoxy) is 3. The molecular weight excluding hydrogens is 321 g/mol. The predicted molar refractivity (Wildman–Crippen MR) is 92.1 cm³/mol. The molecule has 2 aromatic carbocycles. The smallest absolute Gasteiger partial charge is 0.231 e. The number of piperidine rings is 1. The molecule has 1 saturated heterocycles. The van der Waals surface area contributed by atoms with E-state index < -0.39 is 0 Å².